The van der Waals surface area contributed by atoms with E-state index in [1.807, 2.05) is 0 Å². The molecule has 0 fully saturated rings. The molecule has 0 rings (SSSR count). The van der Waals surface area contributed by atoms with E-state index < -0.39 is 21.5 Å². The molecule has 1 N–H and O–H groups in total. The number of hydrogen-bond donors (Lipinski definition) is 0. The lowest BCUT2D eigenvalue weighted by molar-refractivity contribution is -0.116. The topological polar surface area (TPSA) is 75.0 Å². The predicted molar refractivity (Wildman–Crippen MR) is 32.1 cm³/mol. The maximum atomic E-state index is 10.4. The van der Waals surface area contributed by atoms with Gasteiger partial charge >= 0.3 is 0 Å². The van der Waals surface area contributed by atoms with Gasteiger partial charge in [-0.25, -0.2) is 8.42 Å². The molecule has 0 spiro atoms. The van der Waals surface area contributed by atoms with E-state index in [9.17, 15) is 13.2 Å². The molecular weight excluding hydrogens is 142 g/mol. The van der Waals surface area contributed by atoms with Crippen molar-refractivity contribution in [1.29, 1.82) is 0 Å². The zero-order chi connectivity index (χ0) is 7.49. The van der Waals surface area contributed by atoms with Crippen molar-refractivity contribution in [2.75, 3.05) is 5.75 Å². The zero-order valence-corrected chi connectivity index (χ0v) is 5.44. The molecule has 1 radical (unpaired) electrons. The predicted octanol–water partition coefficient (Wildman–Crippen LogP) is -0.646. The molecule has 0 aliphatic rings. The van der Waals surface area contributed by atoms with Gasteiger partial charge in [0.15, 0.2) is 9.84 Å². The van der Waals surface area contributed by atoms with E-state index >= 15 is 0 Å². The molecule has 0 aromatic rings. The van der Waals surface area contributed by atoms with Crippen molar-refractivity contribution in [3.05, 3.63) is 12.0 Å². The highest BCUT2D eigenvalue weighted by atomic mass is 32.2. The van der Waals surface area contributed by atoms with E-state index in [2.05, 4.69) is 6.58 Å². The van der Waals surface area contributed by atoms with E-state index in [0.717, 1.165) is 0 Å². The Hall–Kier alpha value is -0.840. The molecule has 5 heteroatoms. The van der Waals surface area contributed by atoms with Gasteiger partial charge in [-0.1, -0.05) is 6.58 Å². The van der Waals surface area contributed by atoms with Crippen molar-refractivity contribution in [3.63, 3.8) is 0 Å². The van der Waals surface area contributed by atoms with Crippen LogP contribution < -0.4 is 5.73 Å². The van der Waals surface area contributed by atoms with E-state index in [-0.39, 0.29) is 0 Å². The Kier molecular flexibility index (Phi) is 2.39. The van der Waals surface area contributed by atoms with E-state index in [1.165, 1.54) is 0 Å². The van der Waals surface area contributed by atoms with Crippen LogP contribution in [0, 0.1) is 0 Å². The normalized spacial score (nSPS) is 10.7. The smallest absolute Gasteiger partial charge is 0.253 e. The van der Waals surface area contributed by atoms with Crippen molar-refractivity contribution >= 4 is 15.7 Å². The van der Waals surface area contributed by atoms with Gasteiger partial charge in [0.2, 0.25) is 0 Å². The van der Waals surface area contributed by atoms with Crippen LogP contribution in [-0.2, 0) is 14.6 Å². The van der Waals surface area contributed by atoms with Crippen molar-refractivity contribution in [2.24, 2.45) is 0 Å². The highest BCUT2D eigenvalue weighted by Crippen LogP contribution is 1.87. The lowest BCUT2D eigenvalue weighted by Gasteiger charge is -1.88. The molecule has 51 valence electrons. The van der Waals surface area contributed by atoms with Crippen molar-refractivity contribution < 1.29 is 13.2 Å². The van der Waals surface area contributed by atoms with Gasteiger partial charge in [-0.05, 0) is 0 Å². The van der Waals surface area contributed by atoms with Gasteiger partial charge in [0, 0.05) is 5.41 Å². The fraction of sp³-hybridized carbons (Fsp3) is 0.250. The average Bonchev–Trinajstić information content (AvgIpc) is 1.63. The van der Waals surface area contributed by atoms with Gasteiger partial charge in [-0.2, -0.15) is 0 Å². The Balaban J connectivity index is 4.23. The van der Waals surface area contributed by atoms with Crippen LogP contribution in [0.3, 0.4) is 0 Å². The van der Waals surface area contributed by atoms with Crippen LogP contribution in [-0.4, -0.2) is 20.1 Å². The molecule has 4 nitrogen and oxygen atoms in total. The van der Waals surface area contributed by atoms with Crippen molar-refractivity contribution in [2.45, 2.75) is 0 Å². The number of nitrogens with one attached hydrogen (secondary N) is 1. The standard InChI is InChI=1S/C4H6NO3S/c1-2-9(7,8)3-4(5)6/h2,5H,1,3H2. The molecular formula is C4H6NO3S. The number of rotatable bonds is 3. The number of carbonyl (C=O) groups is 1. The molecule has 0 bridgehead atoms. The number of sulfone groups is 1. The summed E-state index contributed by atoms with van der Waals surface area (Å²) in [6, 6.07) is 0. The highest BCUT2D eigenvalue weighted by molar-refractivity contribution is 7.94. The van der Waals surface area contributed by atoms with Crippen LogP contribution in [0.15, 0.2) is 12.0 Å². The van der Waals surface area contributed by atoms with Gasteiger partial charge in [-0.3, -0.25) is 10.5 Å². The fourth-order valence-electron chi connectivity index (χ4n) is 0.242. The summed E-state index contributed by atoms with van der Waals surface area (Å²) >= 11 is 0. The van der Waals surface area contributed by atoms with Crippen LogP contribution in [0.25, 0.3) is 0 Å². The van der Waals surface area contributed by atoms with Gasteiger partial charge < -0.3 is 0 Å². The second-order valence-corrected chi connectivity index (χ2v) is 3.34. The molecule has 0 aromatic carbocycles. The Bertz CT molecular complexity index is 216. The largest absolute Gasteiger partial charge is 0.272 e. The third kappa shape index (κ3) is 3.72. The van der Waals surface area contributed by atoms with E-state index in [1.54, 1.807) is 0 Å². The Morgan fingerprint density at radius 2 is 2.11 bits per heavy atom. The minimum atomic E-state index is -3.49. The molecule has 0 saturated carbocycles. The van der Waals surface area contributed by atoms with Gasteiger partial charge in [0.1, 0.15) is 5.75 Å². The maximum Gasteiger partial charge on any atom is 0.253 e. The molecule has 0 aliphatic heterocycles. The fourth-order valence-corrected chi connectivity index (χ4v) is 0.725. The van der Waals surface area contributed by atoms with Crippen molar-refractivity contribution in [3.8, 4) is 0 Å². The highest BCUT2D eigenvalue weighted by Gasteiger charge is 2.08. The molecule has 0 heterocycles. The SMILES string of the molecule is C=CS(=O)(=O)CC([NH])=O. The van der Waals surface area contributed by atoms with Crippen LogP contribution in [0.1, 0.15) is 0 Å². The van der Waals surface area contributed by atoms with E-state index in [4.69, 9.17) is 5.73 Å². The summed E-state index contributed by atoms with van der Waals surface area (Å²) in [6.45, 7) is 2.96. The molecule has 0 aromatic heterocycles. The summed E-state index contributed by atoms with van der Waals surface area (Å²) in [5, 5.41) is 0.666. The van der Waals surface area contributed by atoms with Crippen molar-refractivity contribution in [1.82, 2.24) is 5.73 Å². The summed E-state index contributed by atoms with van der Waals surface area (Å²) in [7, 11) is -3.49. The summed E-state index contributed by atoms with van der Waals surface area (Å²) in [5.74, 6) is -1.88. The third-order valence-electron chi connectivity index (χ3n) is 0.586. The molecule has 0 aliphatic carbocycles. The minimum absolute atomic E-state index is 0.666. The first kappa shape index (κ1) is 8.16. The van der Waals surface area contributed by atoms with E-state index in [0.29, 0.717) is 5.41 Å². The minimum Gasteiger partial charge on any atom is -0.272 e. The van der Waals surface area contributed by atoms with Crippen LogP contribution >= 0.6 is 0 Å². The second kappa shape index (κ2) is 2.63. The number of carbonyl (C=O) groups excluding carboxylic acids is 1. The Morgan fingerprint density at radius 1 is 1.67 bits per heavy atom. The van der Waals surface area contributed by atoms with Gasteiger partial charge in [0.05, 0.1) is 0 Å². The summed E-state index contributed by atoms with van der Waals surface area (Å²) in [5.41, 5.74) is 6.27. The summed E-state index contributed by atoms with van der Waals surface area (Å²) < 4.78 is 20.7. The first-order valence-electron chi connectivity index (χ1n) is 2.07. The number of amides is 1. The second-order valence-electron chi connectivity index (χ2n) is 1.40. The van der Waals surface area contributed by atoms with Crippen LogP contribution in [0.4, 0.5) is 0 Å². The molecule has 0 atom stereocenters. The zero-order valence-electron chi connectivity index (χ0n) is 4.62. The van der Waals surface area contributed by atoms with Gasteiger partial charge in [-0.15, -0.1) is 0 Å². The average molecular weight is 148 g/mol. The first-order valence-corrected chi connectivity index (χ1v) is 3.79. The molecule has 9 heavy (non-hydrogen) atoms. The third-order valence-corrected chi connectivity index (χ3v) is 1.76. The van der Waals surface area contributed by atoms with Gasteiger partial charge in [0.25, 0.3) is 5.91 Å². The Labute approximate surface area is 53.3 Å². The van der Waals surface area contributed by atoms with Crippen LogP contribution in [0.2, 0.25) is 0 Å². The molecule has 1 amide bonds. The maximum absolute atomic E-state index is 10.4. The lowest BCUT2D eigenvalue weighted by Crippen LogP contribution is -2.13. The monoisotopic (exact) mass is 148 g/mol. The molecule has 0 saturated heterocycles. The first-order chi connectivity index (χ1) is 3.98. The quantitative estimate of drug-likeness (QED) is 0.534. The Morgan fingerprint density at radius 3 is 2.22 bits per heavy atom. The van der Waals surface area contributed by atoms with Crippen LogP contribution in [0.5, 0.6) is 0 Å². The lowest BCUT2D eigenvalue weighted by atomic mass is 10.8. The summed E-state index contributed by atoms with van der Waals surface area (Å²) in [4.78, 5) is 9.86. The summed E-state index contributed by atoms with van der Waals surface area (Å²) in [6.07, 6.45) is 0. The number of hydrogen-bond acceptors (Lipinski definition) is 3. The molecule has 0 unspecified atom stereocenters.